The minimum absolute atomic E-state index is 0.0571. The van der Waals surface area contributed by atoms with Crippen molar-refractivity contribution in [3.8, 4) is 5.75 Å². The molecule has 146 valence electrons. The van der Waals surface area contributed by atoms with Gasteiger partial charge in [0, 0.05) is 30.5 Å². The summed E-state index contributed by atoms with van der Waals surface area (Å²) in [5.41, 5.74) is 1.88. The predicted molar refractivity (Wildman–Crippen MR) is 113 cm³/mol. The molecule has 0 aliphatic carbocycles. The third-order valence-electron chi connectivity index (χ3n) is 5.63. The summed E-state index contributed by atoms with van der Waals surface area (Å²) in [6.07, 6.45) is 2.15. The molecule has 5 nitrogen and oxygen atoms in total. The molecule has 1 amide bonds. The van der Waals surface area contributed by atoms with Gasteiger partial charge in [-0.05, 0) is 31.2 Å². The summed E-state index contributed by atoms with van der Waals surface area (Å²) in [4.78, 5) is 18.9. The Morgan fingerprint density at radius 2 is 2.00 bits per heavy atom. The zero-order valence-electron chi connectivity index (χ0n) is 16.3. The average molecular weight is 397 g/mol. The van der Waals surface area contributed by atoms with E-state index < -0.39 is 0 Å². The molecule has 2 N–H and O–H groups in total. The quantitative estimate of drug-likeness (QED) is 0.697. The fourth-order valence-electron chi connectivity index (χ4n) is 3.87. The van der Waals surface area contributed by atoms with Crippen molar-refractivity contribution in [2.45, 2.75) is 31.7 Å². The summed E-state index contributed by atoms with van der Waals surface area (Å²) in [6, 6.07) is 15.7. The van der Waals surface area contributed by atoms with Crippen molar-refractivity contribution in [3.63, 3.8) is 0 Å². The lowest BCUT2D eigenvalue weighted by molar-refractivity contribution is -0.919. The zero-order chi connectivity index (χ0) is 19.5. The largest absolute Gasteiger partial charge is 0.497 e. The highest BCUT2D eigenvalue weighted by Crippen LogP contribution is 2.31. The van der Waals surface area contributed by atoms with E-state index in [0.29, 0.717) is 5.92 Å². The number of ether oxygens (including phenoxy) is 1. The summed E-state index contributed by atoms with van der Waals surface area (Å²) in [5, 5.41) is 4.27. The van der Waals surface area contributed by atoms with Gasteiger partial charge in [-0.15, -0.1) is 11.3 Å². The highest BCUT2D eigenvalue weighted by Gasteiger charge is 2.31. The number of piperidine rings is 1. The summed E-state index contributed by atoms with van der Waals surface area (Å²) < 4.78 is 6.49. The van der Waals surface area contributed by atoms with Crippen molar-refractivity contribution in [3.05, 3.63) is 53.5 Å². The molecule has 1 atom stereocenters. The molecular weight excluding hydrogens is 370 g/mol. The molecule has 1 fully saturated rings. The van der Waals surface area contributed by atoms with Crippen LogP contribution in [0.2, 0.25) is 0 Å². The third-order valence-corrected chi connectivity index (χ3v) is 6.83. The molecule has 0 saturated carbocycles. The number of methoxy groups -OCH3 is 1. The van der Waals surface area contributed by atoms with Gasteiger partial charge in [0.05, 0.1) is 35.4 Å². The Hall–Kier alpha value is -2.44. The first kappa shape index (κ1) is 18.9. The smallest absolute Gasteiger partial charge is 0.282 e. The molecule has 0 radical (unpaired) electrons. The number of rotatable bonds is 5. The Morgan fingerprint density at radius 3 is 2.75 bits per heavy atom. The Kier molecular flexibility index (Phi) is 5.59. The number of amides is 1. The van der Waals surface area contributed by atoms with E-state index in [1.807, 2.05) is 48.6 Å². The van der Waals surface area contributed by atoms with Crippen molar-refractivity contribution in [2.75, 3.05) is 25.5 Å². The van der Waals surface area contributed by atoms with E-state index in [9.17, 15) is 4.79 Å². The number of carbonyl (C=O) groups excluding carboxylic acids is 1. The number of carbonyl (C=O) groups is 1. The molecule has 1 aliphatic heterocycles. The van der Waals surface area contributed by atoms with Crippen LogP contribution in [0.25, 0.3) is 10.2 Å². The molecule has 2 aromatic carbocycles. The highest BCUT2D eigenvalue weighted by atomic mass is 32.1. The number of aromatic nitrogens is 1. The van der Waals surface area contributed by atoms with E-state index in [1.165, 1.54) is 14.6 Å². The molecule has 1 saturated heterocycles. The summed E-state index contributed by atoms with van der Waals surface area (Å²) in [5.74, 6) is 1.31. The first-order valence-electron chi connectivity index (χ1n) is 9.79. The second-order valence-electron chi connectivity index (χ2n) is 7.40. The molecule has 1 aliphatic rings. The van der Waals surface area contributed by atoms with E-state index >= 15 is 0 Å². The van der Waals surface area contributed by atoms with Crippen LogP contribution in [0.3, 0.4) is 0 Å². The number of anilines is 1. The van der Waals surface area contributed by atoms with Crippen molar-refractivity contribution in [1.82, 2.24) is 4.98 Å². The van der Waals surface area contributed by atoms with Crippen LogP contribution >= 0.6 is 11.3 Å². The molecule has 3 aromatic rings. The van der Waals surface area contributed by atoms with Crippen LogP contribution in [0.4, 0.5) is 5.69 Å². The number of hydrogen-bond donors (Lipinski definition) is 2. The monoisotopic (exact) mass is 396 g/mol. The van der Waals surface area contributed by atoms with Crippen LogP contribution in [0.5, 0.6) is 5.75 Å². The van der Waals surface area contributed by atoms with Crippen LogP contribution in [0.1, 0.15) is 30.7 Å². The van der Waals surface area contributed by atoms with Crippen molar-refractivity contribution in [2.24, 2.45) is 0 Å². The normalized spacial score (nSPS) is 20.6. The number of quaternary nitrogens is 1. The highest BCUT2D eigenvalue weighted by molar-refractivity contribution is 7.18. The first-order valence-corrected chi connectivity index (χ1v) is 10.6. The number of likely N-dealkylation sites (tertiary alicyclic amines) is 1. The number of nitrogens with zero attached hydrogens (tertiary/aromatic N) is 1. The molecule has 6 heteroatoms. The van der Waals surface area contributed by atoms with E-state index in [2.05, 4.69) is 23.5 Å². The van der Waals surface area contributed by atoms with Crippen LogP contribution in [-0.2, 0) is 4.79 Å². The van der Waals surface area contributed by atoms with E-state index in [1.54, 1.807) is 7.11 Å². The van der Waals surface area contributed by atoms with Crippen molar-refractivity contribution >= 4 is 33.1 Å². The van der Waals surface area contributed by atoms with Crippen LogP contribution < -0.4 is 15.0 Å². The Balaban J connectivity index is 1.35. The lowest BCUT2D eigenvalue weighted by atomic mass is 9.96. The fourth-order valence-corrected chi connectivity index (χ4v) is 5.01. The van der Waals surface area contributed by atoms with Gasteiger partial charge < -0.3 is 15.0 Å². The van der Waals surface area contributed by atoms with Gasteiger partial charge in [-0.25, -0.2) is 4.98 Å². The second-order valence-corrected chi connectivity index (χ2v) is 8.46. The SMILES string of the molecule is COc1cccc(NC(=O)[C@H](C)[NH+]2CCC(c3nc4ccccc4s3)CC2)c1. The second kappa shape index (κ2) is 8.29. The number of hydrogen-bond acceptors (Lipinski definition) is 4. The molecule has 28 heavy (non-hydrogen) atoms. The maximum Gasteiger partial charge on any atom is 0.282 e. The van der Waals surface area contributed by atoms with Gasteiger partial charge in [0.25, 0.3) is 5.91 Å². The standard InChI is InChI=1S/C22H25N3O2S/c1-15(21(26)23-17-6-5-7-18(14-17)27-2)25-12-10-16(11-13-25)22-24-19-8-3-4-9-20(19)28-22/h3-9,14-16H,10-13H2,1-2H3,(H,23,26)/p+1/t15-/m0/s1. The number of nitrogens with one attached hydrogen (secondary N) is 2. The number of fused-ring (bicyclic) bond motifs is 1. The van der Waals surface area contributed by atoms with Gasteiger partial charge in [-0.2, -0.15) is 0 Å². The van der Waals surface area contributed by atoms with E-state index in [4.69, 9.17) is 9.72 Å². The first-order chi connectivity index (χ1) is 13.6. The lowest BCUT2D eigenvalue weighted by Gasteiger charge is -2.31. The van der Waals surface area contributed by atoms with Gasteiger partial charge in [-0.1, -0.05) is 18.2 Å². The predicted octanol–water partition coefficient (Wildman–Crippen LogP) is 3.09. The van der Waals surface area contributed by atoms with E-state index in [-0.39, 0.29) is 11.9 Å². The summed E-state index contributed by atoms with van der Waals surface area (Å²) >= 11 is 1.81. The van der Waals surface area contributed by atoms with Crippen molar-refractivity contribution < 1.29 is 14.4 Å². The van der Waals surface area contributed by atoms with Crippen LogP contribution in [0.15, 0.2) is 48.5 Å². The van der Waals surface area contributed by atoms with Crippen LogP contribution in [-0.4, -0.2) is 37.1 Å². The summed E-state index contributed by atoms with van der Waals surface area (Å²) in [7, 11) is 1.63. The van der Waals surface area contributed by atoms with Gasteiger partial charge in [0.2, 0.25) is 0 Å². The van der Waals surface area contributed by atoms with Crippen molar-refractivity contribution in [1.29, 1.82) is 0 Å². The minimum atomic E-state index is -0.0810. The average Bonchev–Trinajstić information content (AvgIpc) is 3.17. The molecular formula is C22H26N3O2S+. The zero-order valence-corrected chi connectivity index (χ0v) is 17.1. The molecule has 0 bridgehead atoms. The lowest BCUT2D eigenvalue weighted by Crippen LogP contribution is -3.17. The topological polar surface area (TPSA) is 55.7 Å². The van der Waals surface area contributed by atoms with Gasteiger partial charge in [0.15, 0.2) is 6.04 Å². The third kappa shape index (κ3) is 4.03. The molecule has 0 unspecified atom stereocenters. The summed E-state index contributed by atoms with van der Waals surface area (Å²) in [6.45, 7) is 4.00. The Bertz CT molecular complexity index is 930. The maximum atomic E-state index is 12.7. The molecule has 1 aromatic heterocycles. The van der Waals surface area contributed by atoms with Crippen LogP contribution in [0, 0.1) is 0 Å². The minimum Gasteiger partial charge on any atom is -0.497 e. The fraction of sp³-hybridized carbons (Fsp3) is 0.364. The number of thiazole rings is 1. The maximum absolute atomic E-state index is 12.7. The Morgan fingerprint density at radius 1 is 1.21 bits per heavy atom. The molecule has 0 spiro atoms. The molecule has 2 heterocycles. The Labute approximate surface area is 169 Å². The van der Waals surface area contributed by atoms with Gasteiger partial charge >= 0.3 is 0 Å². The van der Waals surface area contributed by atoms with Gasteiger partial charge in [-0.3, -0.25) is 4.79 Å². The van der Waals surface area contributed by atoms with Gasteiger partial charge in [0.1, 0.15) is 5.75 Å². The number of benzene rings is 2. The number of para-hydroxylation sites is 1. The molecule has 4 rings (SSSR count). The van der Waals surface area contributed by atoms with E-state index in [0.717, 1.165) is 42.9 Å².